The summed E-state index contributed by atoms with van der Waals surface area (Å²) in [5, 5.41) is 12.3. The van der Waals surface area contributed by atoms with Crippen molar-refractivity contribution in [1.29, 1.82) is 0 Å². The maximum absolute atomic E-state index is 11.9. The zero-order chi connectivity index (χ0) is 13.1. The van der Waals surface area contributed by atoms with Crippen LogP contribution in [0.1, 0.15) is 12.0 Å². The zero-order valence-corrected chi connectivity index (χ0v) is 12.5. The smallest absolute Gasteiger partial charge is 0.238 e. The van der Waals surface area contributed by atoms with E-state index in [1.807, 2.05) is 30.0 Å². The molecule has 0 spiro atoms. The minimum Gasteiger partial charge on any atom is -0.392 e. The lowest BCUT2D eigenvalue weighted by molar-refractivity contribution is -0.117. The standard InChI is InChI=1S/C13H17IN2O2/c1-9-6-10(14)2-3-12(9)15-13(18)8-16-5-4-11(17)7-16/h2-3,6,11,17H,4-5,7-8H2,1H3,(H,15,18)/t11-/m0/s1. The Morgan fingerprint density at radius 2 is 2.39 bits per heavy atom. The Labute approximate surface area is 121 Å². The van der Waals surface area contributed by atoms with Gasteiger partial charge in [0.2, 0.25) is 5.91 Å². The number of β-amino-alcohol motifs (C(OH)–C–C–N with tert-alkyl or cyclic N) is 1. The molecular formula is C13H17IN2O2. The molecule has 5 heteroatoms. The van der Waals surface area contributed by atoms with E-state index in [1.54, 1.807) is 0 Å². The third-order valence-corrected chi connectivity index (χ3v) is 3.75. The van der Waals surface area contributed by atoms with Gasteiger partial charge >= 0.3 is 0 Å². The number of benzene rings is 1. The van der Waals surface area contributed by atoms with Crippen molar-refractivity contribution in [2.24, 2.45) is 0 Å². The van der Waals surface area contributed by atoms with Gasteiger partial charge in [0, 0.05) is 22.3 Å². The molecule has 1 fully saturated rings. The summed E-state index contributed by atoms with van der Waals surface area (Å²) in [6, 6.07) is 5.94. The summed E-state index contributed by atoms with van der Waals surface area (Å²) in [7, 11) is 0. The number of aliphatic hydroxyl groups is 1. The number of aryl methyl sites for hydroxylation is 1. The van der Waals surface area contributed by atoms with Crippen molar-refractivity contribution in [3.05, 3.63) is 27.3 Å². The van der Waals surface area contributed by atoms with Gasteiger partial charge in [0.15, 0.2) is 0 Å². The molecule has 0 unspecified atom stereocenters. The second-order valence-corrected chi connectivity index (χ2v) is 5.93. The van der Waals surface area contributed by atoms with Crippen LogP contribution >= 0.6 is 22.6 Å². The second kappa shape index (κ2) is 5.99. The number of aliphatic hydroxyl groups excluding tert-OH is 1. The number of nitrogens with zero attached hydrogens (tertiary/aromatic N) is 1. The van der Waals surface area contributed by atoms with E-state index < -0.39 is 0 Å². The number of hydrogen-bond acceptors (Lipinski definition) is 3. The maximum atomic E-state index is 11.9. The van der Waals surface area contributed by atoms with Crippen molar-refractivity contribution in [2.45, 2.75) is 19.4 Å². The molecule has 0 saturated carbocycles. The van der Waals surface area contributed by atoms with Crippen LogP contribution in [0.4, 0.5) is 5.69 Å². The largest absolute Gasteiger partial charge is 0.392 e. The van der Waals surface area contributed by atoms with Crippen LogP contribution in [0, 0.1) is 10.5 Å². The van der Waals surface area contributed by atoms with E-state index in [1.165, 1.54) is 0 Å². The number of nitrogens with one attached hydrogen (secondary N) is 1. The Kier molecular flexibility index (Phi) is 4.58. The molecule has 98 valence electrons. The average Bonchev–Trinajstić information content (AvgIpc) is 2.68. The molecular weight excluding hydrogens is 343 g/mol. The molecule has 1 aliphatic rings. The molecule has 1 heterocycles. The molecule has 2 rings (SSSR count). The highest BCUT2D eigenvalue weighted by Crippen LogP contribution is 2.18. The van der Waals surface area contributed by atoms with Crippen LogP contribution in [0.2, 0.25) is 0 Å². The summed E-state index contributed by atoms with van der Waals surface area (Å²) in [5.74, 6) is -0.0200. The Hall–Kier alpha value is -0.660. The summed E-state index contributed by atoms with van der Waals surface area (Å²) in [6.07, 6.45) is 0.480. The van der Waals surface area contributed by atoms with Gasteiger partial charge in [-0.15, -0.1) is 0 Å². The molecule has 0 bridgehead atoms. The van der Waals surface area contributed by atoms with Crippen LogP contribution in [0.3, 0.4) is 0 Å². The van der Waals surface area contributed by atoms with E-state index in [-0.39, 0.29) is 12.0 Å². The van der Waals surface area contributed by atoms with Gasteiger partial charge in [0.05, 0.1) is 12.6 Å². The van der Waals surface area contributed by atoms with Crippen LogP contribution in [0.5, 0.6) is 0 Å². The molecule has 1 saturated heterocycles. The van der Waals surface area contributed by atoms with Gasteiger partial charge in [0.25, 0.3) is 0 Å². The van der Waals surface area contributed by atoms with E-state index in [0.717, 1.165) is 27.8 Å². The SMILES string of the molecule is Cc1cc(I)ccc1NC(=O)CN1CC[C@H](O)C1. The number of carbonyl (C=O) groups excluding carboxylic acids is 1. The quantitative estimate of drug-likeness (QED) is 0.806. The van der Waals surface area contributed by atoms with Crippen molar-refractivity contribution in [3.63, 3.8) is 0 Å². The van der Waals surface area contributed by atoms with Crippen LogP contribution in [0.25, 0.3) is 0 Å². The third-order valence-electron chi connectivity index (χ3n) is 3.08. The van der Waals surface area contributed by atoms with Gasteiger partial charge in [-0.1, -0.05) is 0 Å². The fourth-order valence-electron chi connectivity index (χ4n) is 2.12. The predicted octanol–water partition coefficient (Wildman–Crippen LogP) is 1.60. The van der Waals surface area contributed by atoms with Crippen molar-refractivity contribution in [3.8, 4) is 0 Å². The number of halogens is 1. The summed E-state index contributed by atoms with van der Waals surface area (Å²) >= 11 is 2.25. The summed E-state index contributed by atoms with van der Waals surface area (Å²) in [4.78, 5) is 13.9. The zero-order valence-electron chi connectivity index (χ0n) is 10.3. The first kappa shape index (κ1) is 13.8. The first-order valence-corrected chi connectivity index (χ1v) is 7.09. The van der Waals surface area contributed by atoms with E-state index in [9.17, 15) is 9.90 Å². The Bertz CT molecular complexity index is 451. The minimum absolute atomic E-state index is 0.0200. The summed E-state index contributed by atoms with van der Waals surface area (Å²) in [5.41, 5.74) is 1.93. The lowest BCUT2D eigenvalue weighted by Crippen LogP contribution is -2.32. The van der Waals surface area contributed by atoms with Crippen molar-refractivity contribution < 1.29 is 9.90 Å². The molecule has 0 aromatic heterocycles. The Morgan fingerprint density at radius 1 is 1.61 bits per heavy atom. The maximum Gasteiger partial charge on any atom is 0.238 e. The molecule has 4 nitrogen and oxygen atoms in total. The van der Waals surface area contributed by atoms with E-state index in [2.05, 4.69) is 27.9 Å². The van der Waals surface area contributed by atoms with E-state index in [4.69, 9.17) is 0 Å². The highest BCUT2D eigenvalue weighted by atomic mass is 127. The van der Waals surface area contributed by atoms with Crippen LogP contribution in [0.15, 0.2) is 18.2 Å². The summed E-state index contributed by atoms with van der Waals surface area (Å²) in [6.45, 7) is 3.72. The lowest BCUT2D eigenvalue weighted by Gasteiger charge is -2.15. The molecule has 18 heavy (non-hydrogen) atoms. The van der Waals surface area contributed by atoms with Crippen LogP contribution in [-0.4, -0.2) is 41.7 Å². The number of rotatable bonds is 3. The van der Waals surface area contributed by atoms with Gasteiger partial charge in [0.1, 0.15) is 0 Å². The fraction of sp³-hybridized carbons (Fsp3) is 0.462. The molecule has 1 atom stereocenters. The molecule has 2 N–H and O–H groups in total. The van der Waals surface area contributed by atoms with Crippen molar-refractivity contribution in [1.82, 2.24) is 4.90 Å². The van der Waals surface area contributed by atoms with Crippen LogP contribution < -0.4 is 5.32 Å². The number of likely N-dealkylation sites (tertiary alicyclic amines) is 1. The number of carbonyl (C=O) groups is 1. The monoisotopic (exact) mass is 360 g/mol. The molecule has 0 aliphatic carbocycles. The molecule has 0 radical (unpaired) electrons. The molecule has 1 aromatic carbocycles. The molecule has 1 aliphatic heterocycles. The Morgan fingerprint density at radius 3 is 3.00 bits per heavy atom. The normalized spacial score (nSPS) is 20.1. The minimum atomic E-state index is -0.280. The van der Waals surface area contributed by atoms with Crippen molar-refractivity contribution in [2.75, 3.05) is 25.0 Å². The first-order valence-electron chi connectivity index (χ1n) is 6.01. The predicted molar refractivity (Wildman–Crippen MR) is 79.6 cm³/mol. The second-order valence-electron chi connectivity index (χ2n) is 4.69. The topological polar surface area (TPSA) is 52.6 Å². The fourth-order valence-corrected chi connectivity index (χ4v) is 2.76. The van der Waals surface area contributed by atoms with Crippen LogP contribution in [-0.2, 0) is 4.79 Å². The van der Waals surface area contributed by atoms with Gasteiger partial charge in [-0.3, -0.25) is 9.69 Å². The average molecular weight is 360 g/mol. The van der Waals surface area contributed by atoms with Gasteiger partial charge in [-0.2, -0.15) is 0 Å². The van der Waals surface area contributed by atoms with Crippen molar-refractivity contribution >= 4 is 34.2 Å². The Balaban J connectivity index is 1.91. The first-order chi connectivity index (χ1) is 8.54. The van der Waals surface area contributed by atoms with E-state index >= 15 is 0 Å². The lowest BCUT2D eigenvalue weighted by atomic mass is 10.2. The van der Waals surface area contributed by atoms with Gasteiger partial charge < -0.3 is 10.4 Å². The summed E-state index contributed by atoms with van der Waals surface area (Å²) < 4.78 is 1.16. The van der Waals surface area contributed by atoms with Gasteiger partial charge in [-0.05, 0) is 59.7 Å². The molecule has 1 amide bonds. The number of amides is 1. The third kappa shape index (κ3) is 3.66. The highest BCUT2D eigenvalue weighted by Gasteiger charge is 2.22. The van der Waals surface area contributed by atoms with E-state index in [0.29, 0.717) is 13.1 Å². The molecule has 1 aromatic rings. The number of anilines is 1. The highest BCUT2D eigenvalue weighted by molar-refractivity contribution is 14.1. The van der Waals surface area contributed by atoms with Gasteiger partial charge in [-0.25, -0.2) is 0 Å². The number of hydrogen-bond donors (Lipinski definition) is 2.